The van der Waals surface area contributed by atoms with Crippen molar-refractivity contribution in [2.45, 2.75) is 20.0 Å². The highest BCUT2D eigenvalue weighted by molar-refractivity contribution is 5.77. The first-order valence-electron chi connectivity index (χ1n) is 4.25. The van der Waals surface area contributed by atoms with Gasteiger partial charge in [-0.2, -0.15) is 13.2 Å². The Hall–Kier alpha value is -0.780. The third-order valence-corrected chi connectivity index (χ3v) is 1.34. The molecule has 1 amide bonds. The van der Waals surface area contributed by atoms with Gasteiger partial charge in [0.05, 0.1) is 6.61 Å². The maximum Gasteiger partial charge on any atom is 0.411 e. The molecule has 6 heteroatoms. The Kier molecular flexibility index (Phi) is 5.52. The van der Waals surface area contributed by atoms with Crippen LogP contribution in [0.25, 0.3) is 0 Å². The van der Waals surface area contributed by atoms with Crippen LogP contribution in [-0.4, -0.2) is 31.8 Å². The van der Waals surface area contributed by atoms with Crippen LogP contribution in [0.5, 0.6) is 0 Å². The van der Waals surface area contributed by atoms with Crippen LogP contribution in [-0.2, 0) is 9.53 Å². The lowest BCUT2D eigenvalue weighted by Crippen LogP contribution is -2.31. The van der Waals surface area contributed by atoms with Gasteiger partial charge in [0.15, 0.2) is 0 Å². The normalized spacial score (nSPS) is 11.9. The lowest BCUT2D eigenvalue weighted by atomic mass is 10.2. The second kappa shape index (κ2) is 5.85. The highest BCUT2D eigenvalue weighted by atomic mass is 19.4. The summed E-state index contributed by atoms with van der Waals surface area (Å²) in [6.45, 7) is 2.10. The van der Waals surface area contributed by atoms with Gasteiger partial charge in [0.2, 0.25) is 5.91 Å². The summed E-state index contributed by atoms with van der Waals surface area (Å²) in [6, 6.07) is 0. The van der Waals surface area contributed by atoms with Gasteiger partial charge in [-0.25, -0.2) is 0 Å². The molecular weight excluding hydrogens is 199 g/mol. The first-order chi connectivity index (χ1) is 6.33. The number of hydrogen-bond acceptors (Lipinski definition) is 2. The number of carbonyl (C=O) groups is 1. The lowest BCUT2D eigenvalue weighted by Gasteiger charge is -2.09. The minimum absolute atomic E-state index is 0.104. The van der Waals surface area contributed by atoms with E-state index in [1.54, 1.807) is 13.8 Å². The maximum atomic E-state index is 11.6. The Labute approximate surface area is 80.6 Å². The minimum atomic E-state index is -4.30. The molecule has 3 nitrogen and oxygen atoms in total. The number of nitrogens with one attached hydrogen (secondary N) is 1. The van der Waals surface area contributed by atoms with Gasteiger partial charge in [0.1, 0.15) is 6.61 Å². The fourth-order valence-electron chi connectivity index (χ4n) is 0.638. The fraction of sp³-hybridized carbons (Fsp3) is 0.875. The zero-order chi connectivity index (χ0) is 11.2. The topological polar surface area (TPSA) is 38.3 Å². The molecule has 84 valence electrons. The van der Waals surface area contributed by atoms with Crippen LogP contribution in [0.1, 0.15) is 13.8 Å². The van der Waals surface area contributed by atoms with E-state index < -0.39 is 12.8 Å². The number of rotatable bonds is 5. The van der Waals surface area contributed by atoms with Gasteiger partial charge >= 0.3 is 6.18 Å². The number of ether oxygens (including phenoxy) is 1. The quantitative estimate of drug-likeness (QED) is 0.700. The van der Waals surface area contributed by atoms with E-state index in [1.807, 2.05) is 0 Å². The fourth-order valence-corrected chi connectivity index (χ4v) is 0.638. The smallest absolute Gasteiger partial charge is 0.370 e. The van der Waals surface area contributed by atoms with Crippen LogP contribution < -0.4 is 5.32 Å². The Morgan fingerprint density at radius 2 is 2.00 bits per heavy atom. The van der Waals surface area contributed by atoms with Crippen LogP contribution in [0.2, 0.25) is 0 Å². The molecule has 0 aromatic heterocycles. The van der Waals surface area contributed by atoms with E-state index in [0.29, 0.717) is 0 Å². The number of hydrogen-bond donors (Lipinski definition) is 1. The predicted molar refractivity (Wildman–Crippen MR) is 44.7 cm³/mol. The molecular formula is C8H14F3NO2. The van der Waals surface area contributed by atoms with Crippen LogP contribution in [0.3, 0.4) is 0 Å². The molecule has 0 fully saturated rings. The van der Waals surface area contributed by atoms with Crippen LogP contribution in [0, 0.1) is 5.92 Å². The van der Waals surface area contributed by atoms with E-state index in [2.05, 4.69) is 10.1 Å². The summed E-state index contributed by atoms with van der Waals surface area (Å²) < 4.78 is 39.0. The van der Waals surface area contributed by atoms with Gasteiger partial charge in [-0.05, 0) is 0 Å². The van der Waals surface area contributed by atoms with E-state index in [1.165, 1.54) is 0 Å². The van der Waals surface area contributed by atoms with Crippen molar-refractivity contribution in [1.29, 1.82) is 0 Å². The van der Waals surface area contributed by atoms with E-state index in [9.17, 15) is 18.0 Å². The average Bonchev–Trinajstić information content (AvgIpc) is 2.01. The van der Waals surface area contributed by atoms with Crippen LogP contribution in [0.4, 0.5) is 13.2 Å². The second-order valence-corrected chi connectivity index (χ2v) is 3.11. The molecule has 0 spiro atoms. The van der Waals surface area contributed by atoms with Gasteiger partial charge in [0.25, 0.3) is 0 Å². The summed E-state index contributed by atoms with van der Waals surface area (Å²) in [7, 11) is 0. The molecule has 0 unspecified atom stereocenters. The van der Waals surface area contributed by atoms with Crippen molar-refractivity contribution in [2.75, 3.05) is 19.8 Å². The highest BCUT2D eigenvalue weighted by Crippen LogP contribution is 2.13. The molecule has 0 aromatic rings. The Bertz CT molecular complexity index is 180. The summed E-state index contributed by atoms with van der Waals surface area (Å²) in [4.78, 5) is 10.9. The zero-order valence-corrected chi connectivity index (χ0v) is 8.15. The van der Waals surface area contributed by atoms with Gasteiger partial charge in [-0.15, -0.1) is 0 Å². The van der Waals surface area contributed by atoms with Crippen molar-refractivity contribution in [3.05, 3.63) is 0 Å². The van der Waals surface area contributed by atoms with Crippen LogP contribution >= 0.6 is 0 Å². The van der Waals surface area contributed by atoms with Gasteiger partial charge < -0.3 is 10.1 Å². The first-order valence-corrected chi connectivity index (χ1v) is 4.25. The van der Waals surface area contributed by atoms with E-state index in [-0.39, 0.29) is 25.0 Å². The third-order valence-electron chi connectivity index (χ3n) is 1.34. The SMILES string of the molecule is CC(C)C(=O)NCCOCC(F)(F)F. The van der Waals surface area contributed by atoms with Crippen molar-refractivity contribution < 1.29 is 22.7 Å². The van der Waals surface area contributed by atoms with E-state index >= 15 is 0 Å². The van der Waals surface area contributed by atoms with Crippen molar-refractivity contribution in [2.24, 2.45) is 5.92 Å². The maximum absolute atomic E-state index is 11.6. The molecule has 0 aliphatic carbocycles. The van der Waals surface area contributed by atoms with Crippen molar-refractivity contribution >= 4 is 5.91 Å². The molecule has 0 bridgehead atoms. The van der Waals surface area contributed by atoms with Crippen molar-refractivity contribution in [3.8, 4) is 0 Å². The summed E-state index contributed by atoms with van der Waals surface area (Å²) in [5.41, 5.74) is 0. The minimum Gasteiger partial charge on any atom is -0.370 e. The Balaban J connectivity index is 3.35. The molecule has 1 N–H and O–H groups in total. The average molecular weight is 213 g/mol. The van der Waals surface area contributed by atoms with Gasteiger partial charge in [-0.1, -0.05) is 13.8 Å². The monoisotopic (exact) mass is 213 g/mol. The largest absolute Gasteiger partial charge is 0.411 e. The van der Waals surface area contributed by atoms with Gasteiger partial charge in [0, 0.05) is 12.5 Å². The first kappa shape index (κ1) is 13.2. The Morgan fingerprint density at radius 3 is 2.43 bits per heavy atom. The number of alkyl halides is 3. The van der Waals surface area contributed by atoms with Crippen molar-refractivity contribution in [3.63, 3.8) is 0 Å². The van der Waals surface area contributed by atoms with Crippen molar-refractivity contribution in [1.82, 2.24) is 5.32 Å². The van der Waals surface area contributed by atoms with E-state index in [4.69, 9.17) is 0 Å². The predicted octanol–water partition coefficient (Wildman–Crippen LogP) is 1.34. The van der Waals surface area contributed by atoms with E-state index in [0.717, 1.165) is 0 Å². The van der Waals surface area contributed by atoms with Crippen LogP contribution in [0.15, 0.2) is 0 Å². The Morgan fingerprint density at radius 1 is 1.43 bits per heavy atom. The second-order valence-electron chi connectivity index (χ2n) is 3.11. The number of carbonyl (C=O) groups excluding carboxylic acids is 1. The highest BCUT2D eigenvalue weighted by Gasteiger charge is 2.27. The zero-order valence-electron chi connectivity index (χ0n) is 8.15. The molecule has 14 heavy (non-hydrogen) atoms. The molecule has 0 atom stereocenters. The summed E-state index contributed by atoms with van der Waals surface area (Å²) in [5, 5.41) is 2.44. The molecule has 0 heterocycles. The van der Waals surface area contributed by atoms with Gasteiger partial charge in [-0.3, -0.25) is 4.79 Å². The molecule has 0 aromatic carbocycles. The number of halogens is 3. The third kappa shape index (κ3) is 7.85. The molecule has 0 aliphatic rings. The molecule has 0 radical (unpaired) electrons. The molecule has 0 saturated heterocycles. The summed E-state index contributed by atoms with van der Waals surface area (Å²) in [5.74, 6) is -0.363. The molecule has 0 aliphatic heterocycles. The number of amides is 1. The lowest BCUT2D eigenvalue weighted by molar-refractivity contribution is -0.173. The summed E-state index contributed by atoms with van der Waals surface area (Å²) in [6.07, 6.45) is -4.30. The summed E-state index contributed by atoms with van der Waals surface area (Å²) >= 11 is 0. The molecule has 0 saturated carbocycles. The molecule has 0 rings (SSSR count). The standard InChI is InChI=1S/C8H14F3NO2/c1-6(2)7(13)12-3-4-14-5-8(9,10)11/h6H,3-5H2,1-2H3,(H,12,13).